The molecule has 5 heteroatoms. The van der Waals surface area contributed by atoms with Gasteiger partial charge in [-0.25, -0.2) is 0 Å². The Hall–Kier alpha value is -1.49. The summed E-state index contributed by atoms with van der Waals surface area (Å²) in [7, 11) is 0. The van der Waals surface area contributed by atoms with Gasteiger partial charge in [0.15, 0.2) is 0 Å². The Kier molecular flexibility index (Phi) is 4.38. The van der Waals surface area contributed by atoms with Gasteiger partial charge in [0.05, 0.1) is 5.41 Å². The molecule has 1 aliphatic carbocycles. The second kappa shape index (κ2) is 5.87. The Labute approximate surface area is 124 Å². The third-order valence-electron chi connectivity index (χ3n) is 4.02. The van der Waals surface area contributed by atoms with Gasteiger partial charge in [-0.1, -0.05) is 24.3 Å². The Morgan fingerprint density at radius 3 is 2.65 bits per heavy atom. The van der Waals surface area contributed by atoms with E-state index in [1.807, 2.05) is 18.2 Å². The summed E-state index contributed by atoms with van der Waals surface area (Å²) >= 11 is 4.35. The lowest BCUT2D eigenvalue weighted by Gasteiger charge is -2.36. The predicted octanol–water partition coefficient (Wildman–Crippen LogP) is 1.68. The van der Waals surface area contributed by atoms with Gasteiger partial charge in [-0.15, -0.1) is 0 Å². The van der Waals surface area contributed by atoms with Crippen LogP contribution in [0.25, 0.3) is 0 Å². The SMILES string of the molecule is CC(NC(=O)C1(CS)CCc2ccccc2C1)C(=O)O. The van der Waals surface area contributed by atoms with Crippen LogP contribution in [0.3, 0.4) is 0 Å². The molecule has 0 bridgehead atoms. The second-order valence-electron chi connectivity index (χ2n) is 5.42. The summed E-state index contributed by atoms with van der Waals surface area (Å²) in [6, 6.07) is 7.19. The van der Waals surface area contributed by atoms with Crippen molar-refractivity contribution in [2.75, 3.05) is 5.75 Å². The third kappa shape index (κ3) is 2.82. The first-order valence-corrected chi connectivity index (χ1v) is 7.33. The molecule has 0 radical (unpaired) electrons. The molecule has 0 aromatic heterocycles. The van der Waals surface area contributed by atoms with Gasteiger partial charge in [0.2, 0.25) is 5.91 Å². The Bertz CT molecular complexity index is 532. The summed E-state index contributed by atoms with van der Waals surface area (Å²) in [5.41, 5.74) is 1.82. The fraction of sp³-hybridized carbons (Fsp3) is 0.467. The summed E-state index contributed by atoms with van der Waals surface area (Å²) in [6.45, 7) is 1.48. The van der Waals surface area contributed by atoms with E-state index in [-0.39, 0.29) is 5.91 Å². The molecule has 1 aromatic rings. The zero-order valence-electron chi connectivity index (χ0n) is 11.4. The lowest BCUT2D eigenvalue weighted by Crippen LogP contribution is -2.50. The molecule has 0 aliphatic heterocycles. The smallest absolute Gasteiger partial charge is 0.325 e. The highest BCUT2D eigenvalue weighted by Gasteiger charge is 2.40. The number of thiol groups is 1. The van der Waals surface area contributed by atoms with Crippen molar-refractivity contribution in [3.63, 3.8) is 0 Å². The number of benzene rings is 1. The number of hydrogen-bond donors (Lipinski definition) is 3. The van der Waals surface area contributed by atoms with E-state index in [0.29, 0.717) is 18.6 Å². The van der Waals surface area contributed by atoms with Crippen LogP contribution in [0, 0.1) is 5.41 Å². The summed E-state index contributed by atoms with van der Waals surface area (Å²) in [6.07, 6.45) is 2.14. The molecule has 0 saturated heterocycles. The molecule has 1 aliphatic rings. The van der Waals surface area contributed by atoms with Crippen molar-refractivity contribution >= 4 is 24.5 Å². The van der Waals surface area contributed by atoms with E-state index >= 15 is 0 Å². The van der Waals surface area contributed by atoms with E-state index < -0.39 is 17.4 Å². The molecule has 2 N–H and O–H groups in total. The van der Waals surface area contributed by atoms with Crippen LogP contribution in [-0.2, 0) is 22.4 Å². The first-order valence-electron chi connectivity index (χ1n) is 6.70. The maximum atomic E-state index is 12.5. The van der Waals surface area contributed by atoms with E-state index in [1.165, 1.54) is 12.5 Å². The average Bonchev–Trinajstić information content (AvgIpc) is 2.46. The standard InChI is InChI=1S/C15H19NO3S/c1-10(13(17)18)16-14(19)15(9-20)7-6-11-4-2-3-5-12(11)8-15/h2-5,10,20H,6-9H2,1H3,(H,16,19)(H,17,18). The van der Waals surface area contributed by atoms with E-state index in [1.54, 1.807) is 0 Å². The van der Waals surface area contributed by atoms with E-state index in [9.17, 15) is 9.59 Å². The zero-order valence-corrected chi connectivity index (χ0v) is 12.3. The monoisotopic (exact) mass is 293 g/mol. The van der Waals surface area contributed by atoms with Crippen LogP contribution in [0.15, 0.2) is 24.3 Å². The Balaban J connectivity index is 2.19. The number of aliphatic carboxylic acids is 1. The minimum atomic E-state index is -1.02. The highest BCUT2D eigenvalue weighted by Crippen LogP contribution is 2.36. The summed E-state index contributed by atoms with van der Waals surface area (Å²) < 4.78 is 0. The molecule has 1 amide bonds. The van der Waals surface area contributed by atoms with Crippen LogP contribution in [0.2, 0.25) is 0 Å². The van der Waals surface area contributed by atoms with Crippen molar-refractivity contribution in [2.45, 2.75) is 32.2 Å². The van der Waals surface area contributed by atoms with Gasteiger partial charge < -0.3 is 10.4 Å². The highest BCUT2D eigenvalue weighted by atomic mass is 32.1. The maximum absolute atomic E-state index is 12.5. The highest BCUT2D eigenvalue weighted by molar-refractivity contribution is 7.80. The van der Waals surface area contributed by atoms with Crippen LogP contribution in [0.4, 0.5) is 0 Å². The van der Waals surface area contributed by atoms with Gasteiger partial charge in [0.1, 0.15) is 6.04 Å². The van der Waals surface area contributed by atoms with Crippen LogP contribution in [0.5, 0.6) is 0 Å². The van der Waals surface area contributed by atoms with Gasteiger partial charge in [0, 0.05) is 5.75 Å². The number of fused-ring (bicyclic) bond motifs is 1. The Morgan fingerprint density at radius 1 is 1.40 bits per heavy atom. The lowest BCUT2D eigenvalue weighted by molar-refractivity contribution is -0.143. The number of rotatable bonds is 4. The van der Waals surface area contributed by atoms with E-state index in [0.717, 1.165) is 12.0 Å². The zero-order chi connectivity index (χ0) is 14.8. The topological polar surface area (TPSA) is 66.4 Å². The lowest BCUT2D eigenvalue weighted by atomic mass is 9.72. The maximum Gasteiger partial charge on any atom is 0.325 e. The molecule has 2 atom stereocenters. The fourth-order valence-corrected chi connectivity index (χ4v) is 3.03. The van der Waals surface area contributed by atoms with Crippen LogP contribution in [0.1, 0.15) is 24.5 Å². The Morgan fingerprint density at radius 2 is 2.05 bits per heavy atom. The first kappa shape index (κ1) is 14.9. The van der Waals surface area contributed by atoms with Crippen molar-refractivity contribution in [2.24, 2.45) is 5.41 Å². The van der Waals surface area contributed by atoms with Crippen molar-refractivity contribution in [3.05, 3.63) is 35.4 Å². The summed E-state index contributed by atoms with van der Waals surface area (Å²) in [5, 5.41) is 11.5. The number of amides is 1. The number of carbonyl (C=O) groups excluding carboxylic acids is 1. The van der Waals surface area contributed by atoms with Crippen molar-refractivity contribution < 1.29 is 14.7 Å². The van der Waals surface area contributed by atoms with E-state index in [2.05, 4.69) is 24.0 Å². The summed E-state index contributed by atoms with van der Waals surface area (Å²) in [5.74, 6) is -0.819. The molecule has 1 aromatic carbocycles. The van der Waals surface area contributed by atoms with Gasteiger partial charge in [-0.2, -0.15) is 12.6 Å². The van der Waals surface area contributed by atoms with E-state index in [4.69, 9.17) is 5.11 Å². The number of carbonyl (C=O) groups is 2. The van der Waals surface area contributed by atoms with Crippen LogP contribution >= 0.6 is 12.6 Å². The third-order valence-corrected chi connectivity index (χ3v) is 4.63. The average molecular weight is 293 g/mol. The first-order chi connectivity index (χ1) is 9.48. The number of carboxylic acids is 1. The molecule has 108 valence electrons. The minimum absolute atomic E-state index is 0.211. The van der Waals surface area contributed by atoms with Gasteiger partial charge >= 0.3 is 5.97 Å². The van der Waals surface area contributed by atoms with Crippen LogP contribution < -0.4 is 5.32 Å². The normalized spacial score (nSPS) is 22.7. The molecule has 0 spiro atoms. The number of carboxylic acid groups (broad SMARTS) is 1. The largest absolute Gasteiger partial charge is 0.480 e. The molecule has 4 nitrogen and oxygen atoms in total. The molecule has 2 unspecified atom stereocenters. The van der Waals surface area contributed by atoms with Crippen LogP contribution in [-0.4, -0.2) is 28.8 Å². The molecular formula is C15H19NO3S. The second-order valence-corrected chi connectivity index (χ2v) is 5.73. The quantitative estimate of drug-likeness (QED) is 0.740. The number of nitrogens with one attached hydrogen (secondary N) is 1. The van der Waals surface area contributed by atoms with Crippen molar-refractivity contribution in [3.8, 4) is 0 Å². The number of hydrogen-bond acceptors (Lipinski definition) is 3. The van der Waals surface area contributed by atoms with Crippen molar-refractivity contribution in [1.29, 1.82) is 0 Å². The summed E-state index contributed by atoms with van der Waals surface area (Å²) in [4.78, 5) is 23.3. The molecule has 0 fully saturated rings. The van der Waals surface area contributed by atoms with Gasteiger partial charge in [0.25, 0.3) is 0 Å². The number of aryl methyl sites for hydroxylation is 1. The minimum Gasteiger partial charge on any atom is -0.480 e. The van der Waals surface area contributed by atoms with Gasteiger partial charge in [-0.05, 0) is 37.3 Å². The fourth-order valence-electron chi connectivity index (χ4n) is 2.61. The molecule has 0 saturated carbocycles. The molecule has 0 heterocycles. The molecule has 20 heavy (non-hydrogen) atoms. The van der Waals surface area contributed by atoms with Crippen molar-refractivity contribution in [1.82, 2.24) is 5.32 Å². The predicted molar refractivity (Wildman–Crippen MR) is 80.0 cm³/mol. The molecular weight excluding hydrogens is 274 g/mol. The van der Waals surface area contributed by atoms with Gasteiger partial charge in [-0.3, -0.25) is 9.59 Å². The molecule has 2 rings (SSSR count).